The Kier molecular flexibility index (Phi) is 5.31. The molecule has 0 amide bonds. The molecule has 0 spiro atoms. The molecular formula is C16H20O2S. The van der Waals surface area contributed by atoms with Crippen molar-refractivity contribution in [3.63, 3.8) is 0 Å². The molecule has 2 aromatic carbocycles. The number of benzene rings is 2. The lowest BCUT2D eigenvalue weighted by Crippen LogP contribution is -1.95. The maximum absolute atomic E-state index is 12.1. The molecule has 3 rings (SSSR count). The van der Waals surface area contributed by atoms with Gasteiger partial charge >= 0.3 is 0 Å². The monoisotopic (exact) mass is 276 g/mol. The van der Waals surface area contributed by atoms with Crippen molar-refractivity contribution < 1.29 is 8.42 Å². The summed E-state index contributed by atoms with van der Waals surface area (Å²) < 4.78 is 24.2. The van der Waals surface area contributed by atoms with E-state index in [1.54, 1.807) is 24.3 Å². The van der Waals surface area contributed by atoms with Gasteiger partial charge in [0.25, 0.3) is 0 Å². The van der Waals surface area contributed by atoms with Crippen molar-refractivity contribution in [3.8, 4) is 11.1 Å². The van der Waals surface area contributed by atoms with Gasteiger partial charge in [-0.1, -0.05) is 64.1 Å². The Morgan fingerprint density at radius 3 is 1.32 bits per heavy atom. The summed E-state index contributed by atoms with van der Waals surface area (Å²) in [6, 6.07) is 14.2. The zero-order chi connectivity index (χ0) is 14.5. The topological polar surface area (TPSA) is 34.1 Å². The zero-order valence-electron chi connectivity index (χ0n) is 11.8. The van der Waals surface area contributed by atoms with Crippen molar-refractivity contribution in [2.45, 2.75) is 37.5 Å². The van der Waals surface area contributed by atoms with E-state index < -0.39 is 9.84 Å². The van der Waals surface area contributed by atoms with Crippen LogP contribution < -0.4 is 0 Å². The van der Waals surface area contributed by atoms with Gasteiger partial charge in [0.1, 0.15) is 0 Å². The first-order valence-electron chi connectivity index (χ1n) is 6.65. The van der Waals surface area contributed by atoms with Crippen LogP contribution in [-0.4, -0.2) is 8.42 Å². The van der Waals surface area contributed by atoms with Crippen LogP contribution in [0.2, 0.25) is 0 Å². The maximum atomic E-state index is 12.1. The third-order valence-electron chi connectivity index (χ3n) is 2.64. The molecule has 0 saturated heterocycles. The second-order valence-electron chi connectivity index (χ2n) is 3.50. The van der Waals surface area contributed by atoms with Gasteiger partial charge in [0.05, 0.1) is 9.79 Å². The van der Waals surface area contributed by atoms with Crippen LogP contribution in [0, 0.1) is 0 Å². The van der Waals surface area contributed by atoms with Gasteiger partial charge in [-0.15, -0.1) is 0 Å². The highest BCUT2D eigenvalue weighted by Crippen LogP contribution is 2.42. The van der Waals surface area contributed by atoms with Crippen molar-refractivity contribution in [2.75, 3.05) is 0 Å². The van der Waals surface area contributed by atoms with E-state index in [4.69, 9.17) is 0 Å². The van der Waals surface area contributed by atoms with Gasteiger partial charge in [-0.25, -0.2) is 8.42 Å². The molecule has 3 heteroatoms. The minimum Gasteiger partial charge on any atom is -0.218 e. The van der Waals surface area contributed by atoms with Crippen LogP contribution in [0.25, 0.3) is 11.1 Å². The van der Waals surface area contributed by atoms with Crippen molar-refractivity contribution in [1.82, 2.24) is 0 Å². The van der Waals surface area contributed by atoms with Crippen molar-refractivity contribution in [2.24, 2.45) is 0 Å². The third-order valence-corrected chi connectivity index (χ3v) is 4.51. The number of fused-ring (bicyclic) bond motifs is 3. The van der Waals surface area contributed by atoms with Gasteiger partial charge < -0.3 is 0 Å². The summed E-state index contributed by atoms with van der Waals surface area (Å²) in [5, 5.41) is 0. The largest absolute Gasteiger partial charge is 0.218 e. The van der Waals surface area contributed by atoms with Crippen LogP contribution in [0.3, 0.4) is 0 Å². The van der Waals surface area contributed by atoms with Crippen LogP contribution in [0.5, 0.6) is 0 Å². The van der Waals surface area contributed by atoms with E-state index in [1.807, 2.05) is 52.0 Å². The van der Waals surface area contributed by atoms with Crippen LogP contribution in [-0.2, 0) is 9.84 Å². The summed E-state index contributed by atoms with van der Waals surface area (Å²) in [6.45, 7) is 8.00. The summed E-state index contributed by atoms with van der Waals surface area (Å²) in [5.74, 6) is 0. The number of sulfone groups is 1. The molecule has 19 heavy (non-hydrogen) atoms. The molecule has 2 aromatic rings. The van der Waals surface area contributed by atoms with Crippen LogP contribution in [0.1, 0.15) is 27.7 Å². The third kappa shape index (κ3) is 2.56. The molecular weight excluding hydrogens is 256 g/mol. The van der Waals surface area contributed by atoms with Gasteiger partial charge in [0.15, 0.2) is 0 Å². The lowest BCUT2D eigenvalue weighted by atomic mass is 10.1. The van der Waals surface area contributed by atoms with Crippen molar-refractivity contribution in [1.29, 1.82) is 0 Å². The predicted octanol–water partition coefficient (Wildman–Crippen LogP) is 4.55. The SMILES string of the molecule is CC.CC.O=S1(=O)c2ccccc2-c2ccccc21. The first kappa shape index (κ1) is 15.4. The lowest BCUT2D eigenvalue weighted by Gasteiger charge is -1.95. The zero-order valence-corrected chi connectivity index (χ0v) is 12.7. The minimum atomic E-state index is -3.26. The Balaban J connectivity index is 0.000000415. The second kappa shape index (κ2) is 6.53. The van der Waals surface area contributed by atoms with Crippen LogP contribution in [0.4, 0.5) is 0 Å². The molecule has 2 nitrogen and oxygen atoms in total. The smallest absolute Gasteiger partial charge is 0.207 e. The highest BCUT2D eigenvalue weighted by molar-refractivity contribution is 7.92. The fourth-order valence-corrected chi connectivity index (χ4v) is 3.65. The molecule has 1 aliphatic rings. The first-order valence-corrected chi connectivity index (χ1v) is 8.13. The predicted molar refractivity (Wildman–Crippen MR) is 80.0 cm³/mol. The quantitative estimate of drug-likeness (QED) is 0.603. The van der Waals surface area contributed by atoms with E-state index in [0.29, 0.717) is 9.79 Å². The fourth-order valence-electron chi connectivity index (χ4n) is 1.97. The Labute approximate surface area is 116 Å². The average Bonchev–Trinajstić information content (AvgIpc) is 2.73. The van der Waals surface area contributed by atoms with Gasteiger partial charge in [0, 0.05) is 11.1 Å². The van der Waals surface area contributed by atoms with E-state index in [9.17, 15) is 8.42 Å². The van der Waals surface area contributed by atoms with Gasteiger partial charge in [-0.3, -0.25) is 0 Å². The molecule has 0 fully saturated rings. The van der Waals surface area contributed by atoms with Crippen LogP contribution >= 0.6 is 0 Å². The van der Waals surface area contributed by atoms with E-state index in [0.717, 1.165) is 11.1 Å². The van der Waals surface area contributed by atoms with E-state index in [-0.39, 0.29) is 0 Å². The molecule has 0 saturated carbocycles. The molecule has 1 aliphatic heterocycles. The Hall–Kier alpha value is -1.61. The molecule has 0 aromatic heterocycles. The minimum absolute atomic E-state index is 0.422. The number of rotatable bonds is 0. The van der Waals surface area contributed by atoms with E-state index >= 15 is 0 Å². The number of hydrogen-bond acceptors (Lipinski definition) is 2. The average molecular weight is 276 g/mol. The molecule has 0 aliphatic carbocycles. The molecule has 0 unspecified atom stereocenters. The molecule has 0 atom stereocenters. The molecule has 0 radical (unpaired) electrons. The summed E-state index contributed by atoms with van der Waals surface area (Å²) in [6.07, 6.45) is 0. The van der Waals surface area contributed by atoms with Gasteiger partial charge in [-0.05, 0) is 12.1 Å². The normalized spacial score (nSPS) is 13.1. The second-order valence-corrected chi connectivity index (χ2v) is 5.38. The summed E-state index contributed by atoms with van der Waals surface area (Å²) >= 11 is 0. The Morgan fingerprint density at radius 1 is 0.632 bits per heavy atom. The Morgan fingerprint density at radius 2 is 0.947 bits per heavy atom. The standard InChI is InChI=1S/C12H8O2S.2C2H6/c13-15(14)11-7-3-1-5-9(11)10-6-2-4-8-12(10)15;2*1-2/h1-8H;2*1-2H3. The summed E-state index contributed by atoms with van der Waals surface area (Å²) in [5.41, 5.74) is 1.63. The first-order chi connectivity index (χ1) is 9.21. The highest BCUT2D eigenvalue weighted by Gasteiger charge is 2.31. The molecule has 1 heterocycles. The molecule has 0 N–H and O–H groups in total. The maximum Gasteiger partial charge on any atom is 0.207 e. The van der Waals surface area contributed by atoms with Crippen molar-refractivity contribution in [3.05, 3.63) is 48.5 Å². The van der Waals surface area contributed by atoms with Crippen molar-refractivity contribution >= 4 is 9.84 Å². The number of hydrogen-bond donors (Lipinski definition) is 0. The Bertz CT molecular complexity index is 592. The molecule has 0 bridgehead atoms. The van der Waals surface area contributed by atoms with E-state index in [1.165, 1.54) is 0 Å². The highest BCUT2D eigenvalue weighted by atomic mass is 32.2. The summed E-state index contributed by atoms with van der Waals surface area (Å²) in [4.78, 5) is 0.845. The van der Waals surface area contributed by atoms with Gasteiger partial charge in [-0.2, -0.15) is 0 Å². The lowest BCUT2D eigenvalue weighted by molar-refractivity contribution is 0.598. The summed E-state index contributed by atoms with van der Waals surface area (Å²) in [7, 11) is -3.26. The molecule has 102 valence electrons. The fraction of sp³-hybridized carbons (Fsp3) is 0.250. The van der Waals surface area contributed by atoms with Crippen LogP contribution in [0.15, 0.2) is 58.3 Å². The van der Waals surface area contributed by atoms with Gasteiger partial charge in [0.2, 0.25) is 9.84 Å². The van der Waals surface area contributed by atoms with E-state index in [2.05, 4.69) is 0 Å².